The van der Waals surface area contributed by atoms with E-state index in [9.17, 15) is 4.39 Å². The van der Waals surface area contributed by atoms with Gasteiger partial charge in [-0.3, -0.25) is 0 Å². The van der Waals surface area contributed by atoms with Gasteiger partial charge in [0.25, 0.3) is 0 Å². The van der Waals surface area contributed by atoms with Crippen LogP contribution < -0.4 is 0 Å². The number of hydrogen-bond acceptors (Lipinski definition) is 2. The third kappa shape index (κ3) is 1.75. The second-order valence-corrected chi connectivity index (χ2v) is 2.99. The molecule has 0 amide bonds. The van der Waals surface area contributed by atoms with Crippen molar-refractivity contribution in [3.05, 3.63) is 42.2 Å². The van der Waals surface area contributed by atoms with E-state index in [-0.39, 0.29) is 11.7 Å². The second-order valence-electron chi connectivity index (χ2n) is 2.72. The summed E-state index contributed by atoms with van der Waals surface area (Å²) >= 11 is 5.55. The molecule has 0 aliphatic carbocycles. The molecule has 14 heavy (non-hydrogen) atoms. The molecule has 2 aromatic rings. The van der Waals surface area contributed by atoms with Gasteiger partial charge >= 0.3 is 0 Å². The fraction of sp³-hybridized carbons (Fsp3) is 0.111. The van der Waals surface area contributed by atoms with Crippen molar-refractivity contribution in [3.63, 3.8) is 0 Å². The topological polar surface area (TPSA) is 30.7 Å². The van der Waals surface area contributed by atoms with Crippen molar-refractivity contribution in [2.75, 3.05) is 0 Å². The highest BCUT2D eigenvalue weighted by atomic mass is 35.5. The Balaban J connectivity index is 2.39. The van der Waals surface area contributed by atoms with E-state index in [1.165, 1.54) is 23.1 Å². The van der Waals surface area contributed by atoms with Gasteiger partial charge < -0.3 is 0 Å². The lowest BCUT2D eigenvalue weighted by atomic mass is 10.3. The Morgan fingerprint density at radius 2 is 2.29 bits per heavy atom. The predicted molar refractivity (Wildman–Crippen MR) is 50.9 cm³/mol. The summed E-state index contributed by atoms with van der Waals surface area (Å²) < 4.78 is 14.3. The van der Waals surface area contributed by atoms with E-state index in [1.807, 2.05) is 0 Å². The summed E-state index contributed by atoms with van der Waals surface area (Å²) in [7, 11) is 0. The molecular formula is C9H7ClFN3. The summed E-state index contributed by atoms with van der Waals surface area (Å²) in [5.41, 5.74) is 0.633. The lowest BCUT2D eigenvalue weighted by molar-refractivity contribution is 0.625. The van der Waals surface area contributed by atoms with Gasteiger partial charge in [-0.05, 0) is 18.2 Å². The van der Waals surface area contributed by atoms with E-state index in [1.54, 1.807) is 12.1 Å². The third-order valence-electron chi connectivity index (χ3n) is 1.73. The first-order valence-corrected chi connectivity index (χ1v) is 4.55. The lowest BCUT2D eigenvalue weighted by Crippen LogP contribution is -1.95. The van der Waals surface area contributed by atoms with Crippen LogP contribution in [0.2, 0.25) is 0 Å². The number of nitrogens with zero attached hydrogens (tertiary/aromatic N) is 3. The smallest absolute Gasteiger partial charge is 0.165 e. The Morgan fingerprint density at radius 1 is 1.43 bits per heavy atom. The SMILES string of the molecule is Fc1cccc(-n2cnc(CCl)n2)c1. The van der Waals surface area contributed by atoms with Crippen molar-refractivity contribution in [2.45, 2.75) is 5.88 Å². The first-order valence-electron chi connectivity index (χ1n) is 4.02. The van der Waals surface area contributed by atoms with Crippen LogP contribution in [0.5, 0.6) is 0 Å². The van der Waals surface area contributed by atoms with Crippen molar-refractivity contribution >= 4 is 11.6 Å². The molecule has 0 bridgehead atoms. The molecule has 5 heteroatoms. The number of halogens is 2. The van der Waals surface area contributed by atoms with Gasteiger partial charge in [0, 0.05) is 0 Å². The maximum absolute atomic E-state index is 12.9. The summed E-state index contributed by atoms with van der Waals surface area (Å²) in [5.74, 6) is 0.476. The Morgan fingerprint density at radius 3 is 2.93 bits per heavy atom. The van der Waals surface area contributed by atoms with Crippen molar-refractivity contribution in [2.24, 2.45) is 0 Å². The van der Waals surface area contributed by atoms with Crippen LogP contribution in [0.15, 0.2) is 30.6 Å². The zero-order valence-electron chi connectivity index (χ0n) is 7.19. The zero-order chi connectivity index (χ0) is 9.97. The van der Waals surface area contributed by atoms with Crippen LogP contribution in [0.3, 0.4) is 0 Å². The minimum absolute atomic E-state index is 0.252. The highest BCUT2D eigenvalue weighted by Gasteiger charge is 2.01. The number of hydrogen-bond donors (Lipinski definition) is 0. The van der Waals surface area contributed by atoms with Gasteiger partial charge in [0.15, 0.2) is 5.82 Å². The van der Waals surface area contributed by atoms with Crippen molar-refractivity contribution < 1.29 is 4.39 Å². The van der Waals surface area contributed by atoms with Crippen LogP contribution >= 0.6 is 11.6 Å². The number of alkyl halides is 1. The highest BCUT2D eigenvalue weighted by Crippen LogP contribution is 2.08. The normalized spacial score (nSPS) is 10.4. The Hall–Kier alpha value is -1.42. The van der Waals surface area contributed by atoms with Gasteiger partial charge in [-0.1, -0.05) is 6.07 Å². The maximum Gasteiger partial charge on any atom is 0.165 e. The van der Waals surface area contributed by atoms with Gasteiger partial charge in [-0.25, -0.2) is 14.1 Å². The molecule has 0 saturated heterocycles. The molecule has 0 saturated carbocycles. The second kappa shape index (κ2) is 3.75. The Labute approximate surface area is 85.1 Å². The molecule has 0 atom stereocenters. The van der Waals surface area contributed by atoms with Gasteiger partial charge in [0.2, 0.25) is 0 Å². The average molecular weight is 212 g/mol. The molecule has 1 heterocycles. The molecule has 0 N–H and O–H groups in total. The van der Waals surface area contributed by atoms with Crippen LogP contribution in [-0.4, -0.2) is 14.8 Å². The van der Waals surface area contributed by atoms with Gasteiger partial charge in [0.05, 0.1) is 11.6 Å². The summed E-state index contributed by atoms with van der Waals surface area (Å²) in [5, 5.41) is 4.05. The molecule has 0 unspecified atom stereocenters. The number of rotatable bonds is 2. The molecule has 0 fully saturated rings. The van der Waals surface area contributed by atoms with Crippen molar-refractivity contribution in [1.82, 2.24) is 14.8 Å². The van der Waals surface area contributed by atoms with Crippen LogP contribution in [0.4, 0.5) is 4.39 Å². The molecule has 0 aliphatic rings. The molecule has 1 aromatic heterocycles. The summed E-state index contributed by atoms with van der Waals surface area (Å²) in [4.78, 5) is 3.94. The predicted octanol–water partition coefficient (Wildman–Crippen LogP) is 2.15. The van der Waals surface area contributed by atoms with E-state index in [0.717, 1.165) is 0 Å². The largest absolute Gasteiger partial charge is 0.221 e. The minimum Gasteiger partial charge on any atom is -0.221 e. The molecule has 0 radical (unpaired) electrons. The summed E-state index contributed by atoms with van der Waals surface area (Å²) in [6, 6.07) is 6.12. The zero-order valence-corrected chi connectivity index (χ0v) is 7.95. The minimum atomic E-state index is -0.301. The molecule has 2 rings (SSSR count). The van der Waals surface area contributed by atoms with E-state index >= 15 is 0 Å². The highest BCUT2D eigenvalue weighted by molar-refractivity contribution is 6.16. The molecule has 72 valence electrons. The molecule has 1 aromatic carbocycles. The van der Waals surface area contributed by atoms with Crippen molar-refractivity contribution in [3.8, 4) is 5.69 Å². The molecular weight excluding hydrogens is 205 g/mol. The first kappa shape index (κ1) is 9.15. The molecule has 0 spiro atoms. The van der Waals surface area contributed by atoms with E-state index in [4.69, 9.17) is 11.6 Å². The van der Waals surface area contributed by atoms with E-state index in [2.05, 4.69) is 10.1 Å². The molecule has 3 nitrogen and oxygen atoms in total. The van der Waals surface area contributed by atoms with Crippen LogP contribution in [0, 0.1) is 5.82 Å². The third-order valence-corrected chi connectivity index (χ3v) is 1.97. The summed E-state index contributed by atoms with van der Waals surface area (Å²) in [6.45, 7) is 0. The fourth-order valence-electron chi connectivity index (χ4n) is 1.10. The molecule has 0 aliphatic heterocycles. The van der Waals surface area contributed by atoms with Gasteiger partial charge in [0.1, 0.15) is 12.1 Å². The lowest BCUT2D eigenvalue weighted by Gasteiger charge is -1.98. The number of aromatic nitrogens is 3. The van der Waals surface area contributed by atoms with Gasteiger partial charge in [-0.2, -0.15) is 5.10 Å². The van der Waals surface area contributed by atoms with Crippen LogP contribution in [0.1, 0.15) is 5.82 Å². The maximum atomic E-state index is 12.9. The fourth-order valence-corrected chi connectivity index (χ4v) is 1.22. The van der Waals surface area contributed by atoms with E-state index < -0.39 is 0 Å². The summed E-state index contributed by atoms with van der Waals surface area (Å²) in [6.07, 6.45) is 1.51. The van der Waals surface area contributed by atoms with E-state index in [0.29, 0.717) is 11.5 Å². The van der Waals surface area contributed by atoms with Crippen LogP contribution in [0.25, 0.3) is 5.69 Å². The average Bonchev–Trinajstić information content (AvgIpc) is 2.66. The monoisotopic (exact) mass is 211 g/mol. The Bertz CT molecular complexity index is 441. The number of benzene rings is 1. The van der Waals surface area contributed by atoms with Crippen LogP contribution in [-0.2, 0) is 5.88 Å². The first-order chi connectivity index (χ1) is 6.79. The van der Waals surface area contributed by atoms with Gasteiger partial charge in [-0.15, -0.1) is 11.6 Å². The Kier molecular flexibility index (Phi) is 2.45. The standard InChI is InChI=1S/C9H7ClFN3/c10-5-9-12-6-14(13-9)8-3-1-2-7(11)4-8/h1-4,6H,5H2. The van der Waals surface area contributed by atoms with Crippen molar-refractivity contribution in [1.29, 1.82) is 0 Å². The quantitative estimate of drug-likeness (QED) is 0.713.